The fraction of sp³-hybridized carbons (Fsp3) is 0.448. The number of para-hydroxylation sites is 1. The SMILES string of the molecule is CNCCNC1CCN(c2ccc(Nc3ncc(Cl)c(Nc4cccc5c4N(S(=O)(=O)N(C)C)CC5)n3)c(OC)c2)CC1. The maximum absolute atomic E-state index is 13.0. The van der Waals surface area contributed by atoms with Gasteiger partial charge in [-0.15, -0.1) is 0 Å². The number of likely N-dealkylation sites (N-methyl/N-ethyl adjacent to an activating group) is 1. The van der Waals surface area contributed by atoms with Gasteiger partial charge in [0.05, 0.1) is 30.4 Å². The fourth-order valence-corrected chi connectivity index (χ4v) is 6.74. The van der Waals surface area contributed by atoms with Crippen molar-refractivity contribution in [3.63, 3.8) is 0 Å². The zero-order chi connectivity index (χ0) is 30.6. The molecule has 0 radical (unpaired) electrons. The minimum atomic E-state index is -3.67. The summed E-state index contributed by atoms with van der Waals surface area (Å²) >= 11 is 6.49. The lowest BCUT2D eigenvalue weighted by Gasteiger charge is -2.34. The predicted molar refractivity (Wildman–Crippen MR) is 174 cm³/mol. The van der Waals surface area contributed by atoms with Gasteiger partial charge >= 0.3 is 10.2 Å². The van der Waals surface area contributed by atoms with Gasteiger partial charge in [0.2, 0.25) is 5.95 Å². The van der Waals surface area contributed by atoms with Gasteiger partial charge < -0.3 is 30.9 Å². The minimum absolute atomic E-state index is 0.300. The molecule has 2 aromatic carbocycles. The lowest BCUT2D eigenvalue weighted by atomic mass is 10.0. The van der Waals surface area contributed by atoms with Gasteiger partial charge in [-0.05, 0) is 50.1 Å². The van der Waals surface area contributed by atoms with Crippen molar-refractivity contribution in [3.8, 4) is 5.75 Å². The molecule has 0 amide bonds. The van der Waals surface area contributed by atoms with Gasteiger partial charge in [-0.3, -0.25) is 4.31 Å². The molecular weight excluding hydrogens is 590 g/mol. The Morgan fingerprint density at radius 3 is 2.58 bits per heavy atom. The Morgan fingerprint density at radius 2 is 1.86 bits per heavy atom. The second-order valence-electron chi connectivity index (χ2n) is 10.8. The number of ether oxygens (including phenoxy) is 1. The average molecular weight is 630 g/mol. The van der Waals surface area contributed by atoms with E-state index in [1.807, 2.05) is 37.4 Å². The van der Waals surface area contributed by atoms with Gasteiger partial charge in [-0.1, -0.05) is 23.7 Å². The number of hydrogen-bond donors (Lipinski definition) is 4. The highest BCUT2D eigenvalue weighted by Gasteiger charge is 2.33. The number of aromatic nitrogens is 2. The molecule has 0 atom stereocenters. The lowest BCUT2D eigenvalue weighted by Crippen LogP contribution is -2.44. The van der Waals surface area contributed by atoms with Crippen molar-refractivity contribution in [2.45, 2.75) is 25.3 Å². The molecule has 1 aromatic heterocycles. The van der Waals surface area contributed by atoms with E-state index >= 15 is 0 Å². The summed E-state index contributed by atoms with van der Waals surface area (Å²) in [5.41, 5.74) is 3.93. The van der Waals surface area contributed by atoms with E-state index in [1.54, 1.807) is 7.11 Å². The first-order valence-electron chi connectivity index (χ1n) is 14.4. The molecule has 5 rings (SSSR count). The number of rotatable bonds is 12. The van der Waals surface area contributed by atoms with Crippen LogP contribution in [0.3, 0.4) is 0 Å². The van der Waals surface area contributed by atoms with Gasteiger partial charge in [0.25, 0.3) is 0 Å². The molecule has 0 aliphatic carbocycles. The molecule has 0 unspecified atom stereocenters. The van der Waals surface area contributed by atoms with Crippen LogP contribution < -0.4 is 35.2 Å². The van der Waals surface area contributed by atoms with Crippen LogP contribution >= 0.6 is 11.6 Å². The molecule has 12 nitrogen and oxygen atoms in total. The molecule has 4 N–H and O–H groups in total. The molecule has 3 heterocycles. The summed E-state index contributed by atoms with van der Waals surface area (Å²) in [6.45, 7) is 4.25. The van der Waals surface area contributed by atoms with Crippen LogP contribution in [-0.4, -0.2) is 89.7 Å². The number of fused-ring (bicyclic) bond motifs is 1. The van der Waals surface area contributed by atoms with Gasteiger partial charge in [0.15, 0.2) is 5.82 Å². The first kappa shape index (κ1) is 31.1. The number of nitrogens with zero attached hydrogens (tertiary/aromatic N) is 5. The molecular formula is C29H40ClN9O3S. The van der Waals surface area contributed by atoms with E-state index in [4.69, 9.17) is 16.3 Å². The topological polar surface area (TPSA) is 127 Å². The van der Waals surface area contributed by atoms with Gasteiger partial charge in [-0.2, -0.15) is 17.7 Å². The van der Waals surface area contributed by atoms with Gasteiger partial charge in [0.1, 0.15) is 10.8 Å². The van der Waals surface area contributed by atoms with E-state index < -0.39 is 10.2 Å². The van der Waals surface area contributed by atoms with E-state index in [-0.39, 0.29) is 0 Å². The third-order valence-corrected chi connectivity index (χ3v) is 9.91. The summed E-state index contributed by atoms with van der Waals surface area (Å²) < 4.78 is 34.4. The minimum Gasteiger partial charge on any atom is -0.494 e. The normalized spacial score (nSPS) is 15.6. The third kappa shape index (κ3) is 6.91. The summed E-state index contributed by atoms with van der Waals surface area (Å²) in [6, 6.07) is 12.2. The maximum Gasteiger partial charge on any atom is 0.303 e. The quantitative estimate of drug-likeness (QED) is 0.221. The highest BCUT2D eigenvalue weighted by atomic mass is 35.5. The number of piperidine rings is 1. The van der Waals surface area contributed by atoms with Gasteiger partial charge in [0, 0.05) is 64.6 Å². The summed E-state index contributed by atoms with van der Waals surface area (Å²) in [7, 11) is 2.99. The van der Waals surface area contributed by atoms with E-state index in [0.29, 0.717) is 58.6 Å². The van der Waals surface area contributed by atoms with Crippen molar-refractivity contribution in [2.24, 2.45) is 0 Å². The third-order valence-electron chi connectivity index (χ3n) is 7.79. The molecule has 232 valence electrons. The van der Waals surface area contributed by atoms with Crippen molar-refractivity contribution in [3.05, 3.63) is 53.2 Å². The van der Waals surface area contributed by atoms with Crippen LogP contribution in [0.5, 0.6) is 5.75 Å². The predicted octanol–water partition coefficient (Wildman–Crippen LogP) is 3.57. The van der Waals surface area contributed by atoms with Gasteiger partial charge in [-0.25, -0.2) is 4.98 Å². The smallest absolute Gasteiger partial charge is 0.303 e. The van der Waals surface area contributed by atoms with Crippen LogP contribution in [0, 0.1) is 0 Å². The number of benzene rings is 2. The summed E-state index contributed by atoms with van der Waals surface area (Å²) in [4.78, 5) is 11.4. The second-order valence-corrected chi connectivity index (χ2v) is 13.2. The molecule has 2 aliphatic rings. The van der Waals surface area contributed by atoms with Crippen LogP contribution in [0.15, 0.2) is 42.6 Å². The van der Waals surface area contributed by atoms with Crippen LogP contribution in [0.1, 0.15) is 18.4 Å². The standard InChI is InChI=1S/C29H40ClN9O3S/c1-31-13-14-32-21-11-15-38(16-12-21)22-8-9-24(26(18-22)42-4)35-29-33-19-23(30)28(36-29)34-25-7-5-6-20-10-17-39(27(20)25)43(40,41)37(2)3/h5-9,18-19,21,31-32H,10-17H2,1-4H3,(H2,33,34,35,36). The van der Waals surface area contributed by atoms with Crippen molar-refractivity contribution >= 4 is 56.3 Å². The molecule has 0 spiro atoms. The van der Waals surface area contributed by atoms with Crippen LogP contribution in [-0.2, 0) is 16.6 Å². The Bertz CT molecular complexity index is 1530. The van der Waals surface area contributed by atoms with E-state index in [0.717, 1.165) is 50.3 Å². The maximum atomic E-state index is 13.0. The highest BCUT2D eigenvalue weighted by Crippen LogP contribution is 2.40. The van der Waals surface area contributed by atoms with Crippen LogP contribution in [0.2, 0.25) is 5.02 Å². The van der Waals surface area contributed by atoms with Crippen molar-refractivity contribution in [2.75, 3.05) is 80.8 Å². The largest absolute Gasteiger partial charge is 0.494 e. The van der Waals surface area contributed by atoms with E-state index in [2.05, 4.69) is 42.2 Å². The van der Waals surface area contributed by atoms with Crippen LogP contribution in [0.25, 0.3) is 0 Å². The number of nitrogens with one attached hydrogen (secondary N) is 4. The monoisotopic (exact) mass is 629 g/mol. The Labute approximate surface area is 259 Å². The zero-order valence-corrected chi connectivity index (χ0v) is 26.6. The summed E-state index contributed by atoms with van der Waals surface area (Å²) in [5.74, 6) is 1.34. The molecule has 43 heavy (non-hydrogen) atoms. The highest BCUT2D eigenvalue weighted by molar-refractivity contribution is 7.90. The molecule has 3 aromatic rings. The molecule has 2 aliphatic heterocycles. The average Bonchev–Trinajstić information content (AvgIpc) is 3.46. The number of anilines is 6. The van der Waals surface area contributed by atoms with Crippen molar-refractivity contribution in [1.82, 2.24) is 24.9 Å². The Hall–Kier alpha value is -3.36. The number of methoxy groups -OCH3 is 1. The summed E-state index contributed by atoms with van der Waals surface area (Å²) in [5, 5.41) is 13.6. The molecule has 0 saturated carbocycles. The van der Waals surface area contributed by atoms with E-state index in [9.17, 15) is 8.42 Å². The Morgan fingerprint density at radius 1 is 1.07 bits per heavy atom. The number of hydrogen-bond acceptors (Lipinski definition) is 10. The molecule has 14 heteroatoms. The van der Waals surface area contributed by atoms with Crippen molar-refractivity contribution < 1.29 is 13.2 Å². The summed E-state index contributed by atoms with van der Waals surface area (Å²) in [6.07, 6.45) is 4.30. The number of halogens is 1. The Balaban J connectivity index is 1.31. The second kappa shape index (κ2) is 13.5. The van der Waals surface area contributed by atoms with E-state index in [1.165, 1.54) is 28.9 Å². The molecule has 0 bridgehead atoms. The first-order chi connectivity index (χ1) is 20.7. The van der Waals surface area contributed by atoms with Crippen molar-refractivity contribution in [1.29, 1.82) is 0 Å². The first-order valence-corrected chi connectivity index (χ1v) is 16.2. The Kier molecular flexibility index (Phi) is 9.77. The zero-order valence-electron chi connectivity index (χ0n) is 25.0. The fourth-order valence-electron chi connectivity index (χ4n) is 5.44. The van der Waals surface area contributed by atoms with Crippen LogP contribution in [0.4, 0.5) is 34.5 Å². The lowest BCUT2D eigenvalue weighted by molar-refractivity contribution is 0.410. The molecule has 1 saturated heterocycles. The molecule has 1 fully saturated rings.